The molecule has 1 N–H and O–H groups in total. The molecule has 2 heteroatoms. The summed E-state index contributed by atoms with van der Waals surface area (Å²) < 4.78 is 0. The number of para-hydroxylation sites is 1. The van der Waals surface area contributed by atoms with Crippen molar-refractivity contribution < 1.29 is 0 Å². The van der Waals surface area contributed by atoms with E-state index in [-0.39, 0.29) is 0 Å². The van der Waals surface area contributed by atoms with Crippen LogP contribution in [-0.2, 0) is 13.0 Å². The number of anilines is 1. The summed E-state index contributed by atoms with van der Waals surface area (Å²) in [6, 6.07) is 17.4. The van der Waals surface area contributed by atoms with Gasteiger partial charge in [-0.2, -0.15) is 0 Å². The minimum absolute atomic E-state index is 0.715. The average Bonchev–Trinajstić information content (AvgIpc) is 2.46. The lowest BCUT2D eigenvalue weighted by Crippen LogP contribution is -2.01. The summed E-state index contributed by atoms with van der Waals surface area (Å²) in [5.74, 6) is 0.715. The Morgan fingerprint density at radius 2 is 1.60 bits per heavy atom. The smallest absolute Gasteiger partial charge is 0.0480 e. The van der Waals surface area contributed by atoms with Crippen molar-refractivity contribution in [3.05, 3.63) is 59.7 Å². The van der Waals surface area contributed by atoms with Gasteiger partial charge < -0.3 is 5.32 Å². The molecular weight excluding hydrogens is 262 g/mol. The normalized spacial score (nSPS) is 10.8. The SMILES string of the molecule is CSc1ccccc1NCc1ccc(CC(C)C)cc1. The molecule has 2 aromatic rings. The van der Waals surface area contributed by atoms with E-state index in [1.165, 1.54) is 21.7 Å². The van der Waals surface area contributed by atoms with Gasteiger partial charge in [-0.25, -0.2) is 0 Å². The molecule has 0 aliphatic heterocycles. The lowest BCUT2D eigenvalue weighted by molar-refractivity contribution is 0.647. The van der Waals surface area contributed by atoms with Crippen LogP contribution in [0.2, 0.25) is 0 Å². The maximum Gasteiger partial charge on any atom is 0.0480 e. The van der Waals surface area contributed by atoms with Crippen molar-refractivity contribution in [2.75, 3.05) is 11.6 Å². The van der Waals surface area contributed by atoms with E-state index < -0.39 is 0 Å². The highest BCUT2D eigenvalue weighted by atomic mass is 32.2. The highest BCUT2D eigenvalue weighted by Crippen LogP contribution is 2.25. The van der Waals surface area contributed by atoms with Gasteiger partial charge in [-0.3, -0.25) is 0 Å². The molecule has 2 aromatic carbocycles. The first-order valence-electron chi connectivity index (χ1n) is 7.13. The Morgan fingerprint density at radius 1 is 0.950 bits per heavy atom. The molecule has 0 saturated carbocycles. The summed E-state index contributed by atoms with van der Waals surface area (Å²) in [6.07, 6.45) is 3.27. The summed E-state index contributed by atoms with van der Waals surface area (Å²) in [4.78, 5) is 1.30. The zero-order valence-corrected chi connectivity index (χ0v) is 13.3. The van der Waals surface area contributed by atoms with E-state index in [4.69, 9.17) is 0 Å². The molecule has 0 aliphatic rings. The Bertz CT molecular complexity index is 531. The molecule has 0 bridgehead atoms. The third-order valence-corrected chi connectivity index (χ3v) is 4.05. The fraction of sp³-hybridized carbons (Fsp3) is 0.333. The van der Waals surface area contributed by atoms with E-state index in [1.807, 2.05) is 0 Å². The highest BCUT2D eigenvalue weighted by molar-refractivity contribution is 7.98. The molecule has 0 aromatic heterocycles. The van der Waals surface area contributed by atoms with Crippen LogP contribution in [-0.4, -0.2) is 6.26 Å². The summed E-state index contributed by atoms with van der Waals surface area (Å²) in [6.45, 7) is 5.39. The lowest BCUT2D eigenvalue weighted by Gasteiger charge is -2.11. The van der Waals surface area contributed by atoms with Gasteiger partial charge >= 0.3 is 0 Å². The first-order chi connectivity index (χ1) is 9.69. The van der Waals surface area contributed by atoms with Crippen LogP contribution in [0.4, 0.5) is 5.69 Å². The zero-order chi connectivity index (χ0) is 14.4. The Balaban J connectivity index is 1.97. The van der Waals surface area contributed by atoms with Gasteiger partial charge in [0.15, 0.2) is 0 Å². The predicted octanol–water partition coefficient (Wildman–Crippen LogP) is 5.22. The van der Waals surface area contributed by atoms with E-state index in [9.17, 15) is 0 Å². The molecule has 0 fully saturated rings. The second-order valence-corrected chi connectivity index (χ2v) is 6.32. The summed E-state index contributed by atoms with van der Waals surface area (Å²) in [5.41, 5.74) is 3.97. The fourth-order valence-electron chi connectivity index (χ4n) is 2.25. The molecule has 0 saturated heterocycles. The molecule has 0 spiro atoms. The van der Waals surface area contributed by atoms with Gasteiger partial charge in [0.25, 0.3) is 0 Å². The van der Waals surface area contributed by atoms with Crippen molar-refractivity contribution in [1.29, 1.82) is 0 Å². The molecular formula is C18H23NS. The van der Waals surface area contributed by atoms with Crippen LogP contribution in [0, 0.1) is 5.92 Å². The topological polar surface area (TPSA) is 12.0 Å². The van der Waals surface area contributed by atoms with Crippen LogP contribution in [0.5, 0.6) is 0 Å². The molecule has 0 aliphatic carbocycles. The average molecular weight is 285 g/mol. The third kappa shape index (κ3) is 4.31. The monoisotopic (exact) mass is 285 g/mol. The van der Waals surface area contributed by atoms with Gasteiger partial charge in [-0.15, -0.1) is 11.8 Å². The van der Waals surface area contributed by atoms with Gasteiger partial charge in [-0.05, 0) is 41.9 Å². The maximum absolute atomic E-state index is 3.52. The number of rotatable bonds is 6. The molecule has 0 heterocycles. The minimum Gasteiger partial charge on any atom is -0.380 e. The lowest BCUT2D eigenvalue weighted by atomic mass is 10.0. The van der Waals surface area contributed by atoms with Crippen LogP contribution in [0.25, 0.3) is 0 Å². The number of hydrogen-bond donors (Lipinski definition) is 1. The fourth-order valence-corrected chi connectivity index (χ4v) is 2.83. The number of benzene rings is 2. The van der Waals surface area contributed by atoms with Crippen molar-refractivity contribution in [3.8, 4) is 0 Å². The van der Waals surface area contributed by atoms with Crippen molar-refractivity contribution in [2.45, 2.75) is 31.7 Å². The van der Waals surface area contributed by atoms with E-state index in [0.717, 1.165) is 13.0 Å². The van der Waals surface area contributed by atoms with Gasteiger partial charge in [-0.1, -0.05) is 50.2 Å². The number of thioether (sulfide) groups is 1. The molecule has 20 heavy (non-hydrogen) atoms. The minimum atomic E-state index is 0.715. The second kappa shape index (κ2) is 7.39. The highest BCUT2D eigenvalue weighted by Gasteiger charge is 2.01. The first-order valence-corrected chi connectivity index (χ1v) is 8.36. The quantitative estimate of drug-likeness (QED) is 0.730. The molecule has 0 radical (unpaired) electrons. The van der Waals surface area contributed by atoms with Crippen molar-refractivity contribution >= 4 is 17.4 Å². The molecule has 1 nitrogen and oxygen atoms in total. The molecule has 0 unspecified atom stereocenters. The maximum atomic E-state index is 3.52. The van der Waals surface area contributed by atoms with E-state index in [0.29, 0.717) is 5.92 Å². The van der Waals surface area contributed by atoms with Gasteiger partial charge in [0, 0.05) is 17.1 Å². The molecule has 2 rings (SSSR count). The second-order valence-electron chi connectivity index (χ2n) is 5.47. The Morgan fingerprint density at radius 3 is 2.25 bits per heavy atom. The summed E-state index contributed by atoms with van der Waals surface area (Å²) in [7, 11) is 0. The third-order valence-electron chi connectivity index (χ3n) is 3.26. The van der Waals surface area contributed by atoms with E-state index >= 15 is 0 Å². The Hall–Kier alpha value is -1.41. The van der Waals surface area contributed by atoms with Crippen LogP contribution in [0.3, 0.4) is 0 Å². The number of nitrogens with one attached hydrogen (secondary N) is 1. The zero-order valence-electron chi connectivity index (χ0n) is 12.5. The van der Waals surface area contributed by atoms with Crippen LogP contribution >= 0.6 is 11.8 Å². The molecule has 106 valence electrons. The number of hydrogen-bond acceptors (Lipinski definition) is 2. The van der Waals surface area contributed by atoms with Crippen molar-refractivity contribution in [3.63, 3.8) is 0 Å². The van der Waals surface area contributed by atoms with Gasteiger partial charge in [0.2, 0.25) is 0 Å². The molecule has 0 atom stereocenters. The van der Waals surface area contributed by atoms with Gasteiger partial charge in [0.1, 0.15) is 0 Å². The van der Waals surface area contributed by atoms with Crippen LogP contribution in [0.15, 0.2) is 53.4 Å². The summed E-state index contributed by atoms with van der Waals surface area (Å²) >= 11 is 1.78. The van der Waals surface area contributed by atoms with Crippen LogP contribution in [0.1, 0.15) is 25.0 Å². The van der Waals surface area contributed by atoms with E-state index in [1.54, 1.807) is 11.8 Å². The predicted molar refractivity (Wildman–Crippen MR) is 90.5 cm³/mol. The largest absolute Gasteiger partial charge is 0.380 e. The molecule has 0 amide bonds. The van der Waals surface area contributed by atoms with Gasteiger partial charge in [0.05, 0.1) is 0 Å². The summed E-state index contributed by atoms with van der Waals surface area (Å²) in [5, 5.41) is 3.52. The Labute approximate surface area is 126 Å². The van der Waals surface area contributed by atoms with Crippen LogP contribution < -0.4 is 5.32 Å². The van der Waals surface area contributed by atoms with Crippen molar-refractivity contribution in [2.24, 2.45) is 5.92 Å². The van der Waals surface area contributed by atoms with E-state index in [2.05, 4.69) is 74.0 Å². The Kier molecular flexibility index (Phi) is 5.54. The van der Waals surface area contributed by atoms with Crippen molar-refractivity contribution in [1.82, 2.24) is 0 Å². The standard InChI is InChI=1S/C18H23NS/c1-14(2)12-15-8-10-16(11-9-15)13-19-17-6-4-5-7-18(17)20-3/h4-11,14,19H,12-13H2,1-3H3. The first kappa shape index (κ1) is 15.0.